The summed E-state index contributed by atoms with van der Waals surface area (Å²) in [5.41, 5.74) is 5.45. The van der Waals surface area contributed by atoms with E-state index in [4.69, 9.17) is 5.73 Å². The van der Waals surface area contributed by atoms with Gasteiger partial charge in [-0.1, -0.05) is 13.8 Å². The van der Waals surface area contributed by atoms with Gasteiger partial charge in [-0.3, -0.25) is 4.79 Å². The van der Waals surface area contributed by atoms with E-state index < -0.39 is 16.1 Å². The number of carbonyl (C=O) groups excluding carboxylic acids is 1. The normalized spacial score (nSPS) is 13.5. The topological polar surface area (TPSA) is 101 Å². The van der Waals surface area contributed by atoms with Crippen LogP contribution in [0.25, 0.3) is 0 Å². The molecule has 1 amide bonds. The Morgan fingerprint density at radius 1 is 1.40 bits per heavy atom. The van der Waals surface area contributed by atoms with Crippen LogP contribution in [0.1, 0.15) is 20.3 Å². The van der Waals surface area contributed by atoms with E-state index in [1.165, 1.54) is 0 Å². The molecule has 0 saturated carbocycles. The summed E-state index contributed by atoms with van der Waals surface area (Å²) in [5, 5.41) is 2.46. The van der Waals surface area contributed by atoms with Crippen molar-refractivity contribution in [1.29, 1.82) is 0 Å². The lowest BCUT2D eigenvalue weighted by Gasteiger charge is -2.10. The summed E-state index contributed by atoms with van der Waals surface area (Å²) >= 11 is 0. The van der Waals surface area contributed by atoms with Gasteiger partial charge in [0.25, 0.3) is 0 Å². The van der Waals surface area contributed by atoms with Gasteiger partial charge in [-0.05, 0) is 6.42 Å². The molecule has 0 aliphatic carbocycles. The highest BCUT2D eigenvalue weighted by molar-refractivity contribution is 7.89. The molecule has 90 valence electrons. The molecule has 0 spiro atoms. The minimum absolute atomic E-state index is 0.0852. The summed E-state index contributed by atoms with van der Waals surface area (Å²) in [7, 11) is -3.27. The number of rotatable bonds is 7. The van der Waals surface area contributed by atoms with Gasteiger partial charge in [0, 0.05) is 13.1 Å². The summed E-state index contributed by atoms with van der Waals surface area (Å²) in [5.74, 6) is -0.438. The molecule has 0 aromatic heterocycles. The fourth-order valence-corrected chi connectivity index (χ4v) is 1.87. The van der Waals surface area contributed by atoms with E-state index in [-0.39, 0.29) is 18.2 Å². The van der Waals surface area contributed by atoms with Crippen molar-refractivity contribution in [2.24, 2.45) is 5.73 Å². The summed E-state index contributed by atoms with van der Waals surface area (Å²) in [4.78, 5) is 11.2. The second kappa shape index (κ2) is 6.76. The molecular formula is C8H19N3O3S. The molecule has 0 aromatic carbocycles. The SMILES string of the molecule is CCNS(=O)(=O)CCNC(=O)[C@@H](N)CC. The Labute approximate surface area is 90.7 Å². The molecule has 4 N–H and O–H groups in total. The number of nitrogens with one attached hydrogen (secondary N) is 2. The first-order valence-corrected chi connectivity index (χ1v) is 6.58. The van der Waals surface area contributed by atoms with Gasteiger partial charge in [-0.2, -0.15) is 0 Å². The fraction of sp³-hybridized carbons (Fsp3) is 0.875. The first kappa shape index (κ1) is 14.3. The van der Waals surface area contributed by atoms with Crippen LogP contribution in [-0.2, 0) is 14.8 Å². The number of sulfonamides is 1. The quantitative estimate of drug-likeness (QED) is 0.516. The van der Waals surface area contributed by atoms with Gasteiger partial charge in [-0.15, -0.1) is 0 Å². The molecule has 0 aromatic rings. The smallest absolute Gasteiger partial charge is 0.236 e. The minimum Gasteiger partial charge on any atom is -0.354 e. The molecule has 0 unspecified atom stereocenters. The van der Waals surface area contributed by atoms with E-state index in [0.29, 0.717) is 13.0 Å². The van der Waals surface area contributed by atoms with Crippen LogP contribution < -0.4 is 15.8 Å². The maximum Gasteiger partial charge on any atom is 0.236 e. The standard InChI is InChI=1S/C8H19N3O3S/c1-3-7(9)8(12)10-5-6-15(13,14)11-4-2/h7,11H,3-6,9H2,1-2H3,(H,10,12)/t7-/m0/s1. The van der Waals surface area contributed by atoms with Gasteiger partial charge in [-0.25, -0.2) is 13.1 Å². The molecule has 0 radical (unpaired) electrons. The lowest BCUT2D eigenvalue weighted by Crippen LogP contribution is -2.42. The molecule has 0 aliphatic heterocycles. The first-order valence-electron chi connectivity index (χ1n) is 4.93. The van der Waals surface area contributed by atoms with E-state index >= 15 is 0 Å². The summed E-state index contributed by atoms with van der Waals surface area (Å²) in [6.07, 6.45) is 0.534. The van der Waals surface area contributed by atoms with Gasteiger partial charge in [0.15, 0.2) is 0 Å². The molecule has 0 bridgehead atoms. The van der Waals surface area contributed by atoms with E-state index in [1.54, 1.807) is 13.8 Å². The van der Waals surface area contributed by atoms with Gasteiger partial charge in [0.2, 0.25) is 15.9 Å². The van der Waals surface area contributed by atoms with Crippen LogP contribution in [0.5, 0.6) is 0 Å². The summed E-state index contributed by atoms with van der Waals surface area (Å²) in [6, 6.07) is -0.563. The summed E-state index contributed by atoms with van der Waals surface area (Å²) < 4.78 is 24.6. The predicted molar refractivity (Wildman–Crippen MR) is 58.7 cm³/mol. The molecule has 1 atom stereocenters. The molecular weight excluding hydrogens is 218 g/mol. The van der Waals surface area contributed by atoms with Crippen LogP contribution >= 0.6 is 0 Å². The highest BCUT2D eigenvalue weighted by atomic mass is 32.2. The van der Waals surface area contributed by atoms with Crippen molar-refractivity contribution < 1.29 is 13.2 Å². The van der Waals surface area contributed by atoms with Gasteiger partial charge in [0.05, 0.1) is 11.8 Å². The van der Waals surface area contributed by atoms with Gasteiger partial charge >= 0.3 is 0 Å². The number of hydrogen-bond acceptors (Lipinski definition) is 4. The van der Waals surface area contributed by atoms with Crippen molar-refractivity contribution in [3.8, 4) is 0 Å². The zero-order valence-electron chi connectivity index (χ0n) is 9.12. The van der Waals surface area contributed by atoms with Crippen molar-refractivity contribution in [1.82, 2.24) is 10.0 Å². The Morgan fingerprint density at radius 3 is 2.47 bits per heavy atom. The zero-order valence-corrected chi connectivity index (χ0v) is 9.93. The van der Waals surface area contributed by atoms with Crippen molar-refractivity contribution in [3.63, 3.8) is 0 Å². The molecule has 0 saturated heterocycles. The molecule has 6 nitrogen and oxygen atoms in total. The number of nitrogens with two attached hydrogens (primary N) is 1. The van der Waals surface area contributed by atoms with Crippen LogP contribution in [0.2, 0.25) is 0 Å². The monoisotopic (exact) mass is 237 g/mol. The maximum atomic E-state index is 11.2. The van der Waals surface area contributed by atoms with Crippen LogP contribution in [0.4, 0.5) is 0 Å². The Kier molecular flexibility index (Phi) is 6.46. The van der Waals surface area contributed by atoms with E-state index in [1.807, 2.05) is 0 Å². The van der Waals surface area contributed by atoms with Crippen LogP contribution in [-0.4, -0.2) is 39.2 Å². The van der Waals surface area contributed by atoms with Crippen LogP contribution in [0.3, 0.4) is 0 Å². The predicted octanol–water partition coefficient (Wildman–Crippen LogP) is -1.22. The van der Waals surface area contributed by atoms with Crippen molar-refractivity contribution in [2.45, 2.75) is 26.3 Å². The average Bonchev–Trinajstić information content (AvgIpc) is 2.15. The maximum absolute atomic E-state index is 11.2. The van der Waals surface area contributed by atoms with E-state index in [0.717, 1.165) is 0 Å². The second-order valence-corrected chi connectivity index (χ2v) is 5.05. The van der Waals surface area contributed by atoms with Crippen LogP contribution in [0.15, 0.2) is 0 Å². The average molecular weight is 237 g/mol. The van der Waals surface area contributed by atoms with Gasteiger partial charge < -0.3 is 11.1 Å². The number of carbonyl (C=O) groups is 1. The number of amides is 1. The summed E-state index contributed by atoms with van der Waals surface area (Å²) in [6.45, 7) is 3.93. The third-order valence-electron chi connectivity index (χ3n) is 1.81. The number of hydrogen-bond donors (Lipinski definition) is 3. The van der Waals surface area contributed by atoms with E-state index in [2.05, 4.69) is 10.0 Å². The first-order chi connectivity index (χ1) is 6.93. The third kappa shape index (κ3) is 6.43. The lowest BCUT2D eigenvalue weighted by atomic mass is 10.2. The molecule has 0 rings (SSSR count). The minimum atomic E-state index is -3.27. The molecule has 0 aliphatic rings. The van der Waals surface area contributed by atoms with Crippen molar-refractivity contribution in [3.05, 3.63) is 0 Å². The van der Waals surface area contributed by atoms with Crippen molar-refractivity contribution >= 4 is 15.9 Å². The third-order valence-corrected chi connectivity index (χ3v) is 3.28. The Bertz CT molecular complexity index is 290. The molecule has 0 heterocycles. The molecule has 0 fully saturated rings. The largest absolute Gasteiger partial charge is 0.354 e. The fourth-order valence-electron chi connectivity index (χ4n) is 0.917. The molecule has 7 heteroatoms. The molecule has 15 heavy (non-hydrogen) atoms. The van der Waals surface area contributed by atoms with Crippen molar-refractivity contribution in [2.75, 3.05) is 18.8 Å². The van der Waals surface area contributed by atoms with E-state index in [9.17, 15) is 13.2 Å². The second-order valence-electron chi connectivity index (χ2n) is 3.12. The highest BCUT2D eigenvalue weighted by Crippen LogP contribution is 1.86. The highest BCUT2D eigenvalue weighted by Gasteiger charge is 2.12. The van der Waals surface area contributed by atoms with Crippen LogP contribution in [0, 0.1) is 0 Å². The van der Waals surface area contributed by atoms with Gasteiger partial charge in [0.1, 0.15) is 0 Å². The lowest BCUT2D eigenvalue weighted by molar-refractivity contribution is -0.122. The Morgan fingerprint density at radius 2 is 2.00 bits per heavy atom. The Balaban J connectivity index is 3.85. The zero-order chi connectivity index (χ0) is 11.9. The Hall–Kier alpha value is -0.660.